The van der Waals surface area contributed by atoms with Crippen LogP contribution in [-0.2, 0) is 0 Å². The topological polar surface area (TPSA) is 63.8 Å². The van der Waals surface area contributed by atoms with Crippen molar-refractivity contribution in [3.63, 3.8) is 0 Å². The van der Waals surface area contributed by atoms with Gasteiger partial charge in [0.15, 0.2) is 0 Å². The first-order valence-corrected chi connectivity index (χ1v) is 6.93. The number of nitrogens with two attached hydrogens (primary N) is 1. The average Bonchev–Trinajstić information content (AvgIpc) is 2.40. The third-order valence-electron chi connectivity index (χ3n) is 3.93. The normalized spacial score (nSPS) is 23.9. The molecule has 0 bridgehead atoms. The molecule has 100 valence electrons. The summed E-state index contributed by atoms with van der Waals surface area (Å²) in [6.07, 6.45) is 6.94. The van der Waals surface area contributed by atoms with Crippen LogP contribution in [-0.4, -0.2) is 23.1 Å². The third-order valence-corrected chi connectivity index (χ3v) is 3.93. The van der Waals surface area contributed by atoms with Gasteiger partial charge in [0.1, 0.15) is 5.82 Å². The van der Waals surface area contributed by atoms with Gasteiger partial charge in [0.05, 0.1) is 11.4 Å². The highest BCUT2D eigenvalue weighted by molar-refractivity contribution is 5.39. The smallest absolute Gasteiger partial charge is 0.147 e. The number of hydrogen-bond donors (Lipinski definition) is 2. The molecule has 0 aromatic carbocycles. The molecular weight excluding hydrogens is 224 g/mol. The number of hydrogen-bond acceptors (Lipinski definition) is 4. The molecule has 3 N–H and O–H groups in total. The van der Waals surface area contributed by atoms with Crippen LogP contribution >= 0.6 is 0 Å². The van der Waals surface area contributed by atoms with Crippen molar-refractivity contribution in [2.45, 2.75) is 39.5 Å². The average molecular weight is 248 g/mol. The van der Waals surface area contributed by atoms with E-state index in [1.807, 2.05) is 20.0 Å². The van der Waals surface area contributed by atoms with E-state index in [0.717, 1.165) is 42.1 Å². The molecule has 0 aliphatic heterocycles. The van der Waals surface area contributed by atoms with Gasteiger partial charge in [-0.2, -0.15) is 0 Å². The second-order valence-electron chi connectivity index (χ2n) is 5.45. The summed E-state index contributed by atoms with van der Waals surface area (Å²) >= 11 is 0. The summed E-state index contributed by atoms with van der Waals surface area (Å²) in [6, 6.07) is 0. The van der Waals surface area contributed by atoms with E-state index in [4.69, 9.17) is 5.73 Å². The fourth-order valence-corrected chi connectivity index (χ4v) is 2.62. The zero-order valence-corrected chi connectivity index (χ0v) is 11.4. The summed E-state index contributed by atoms with van der Waals surface area (Å²) < 4.78 is 0. The monoisotopic (exact) mass is 248 g/mol. The van der Waals surface area contributed by atoms with Crippen molar-refractivity contribution in [3.8, 4) is 0 Å². The van der Waals surface area contributed by atoms with Gasteiger partial charge in [-0.1, -0.05) is 0 Å². The Morgan fingerprint density at radius 1 is 1.22 bits per heavy atom. The minimum Gasteiger partial charge on any atom is -0.368 e. The second kappa shape index (κ2) is 6.14. The molecule has 0 amide bonds. The fraction of sp³-hybridized carbons (Fsp3) is 0.714. The third kappa shape index (κ3) is 3.42. The summed E-state index contributed by atoms with van der Waals surface area (Å²) in [4.78, 5) is 8.82. The lowest BCUT2D eigenvalue weighted by Crippen LogP contribution is -2.25. The van der Waals surface area contributed by atoms with E-state index in [0.29, 0.717) is 0 Å². The summed E-state index contributed by atoms with van der Waals surface area (Å²) in [5, 5.41) is 3.45. The quantitative estimate of drug-likeness (QED) is 0.858. The highest BCUT2D eigenvalue weighted by atomic mass is 15.0. The van der Waals surface area contributed by atoms with Crippen LogP contribution in [0.3, 0.4) is 0 Å². The van der Waals surface area contributed by atoms with Gasteiger partial charge in [-0.15, -0.1) is 0 Å². The fourth-order valence-electron chi connectivity index (χ4n) is 2.62. The second-order valence-corrected chi connectivity index (χ2v) is 5.45. The van der Waals surface area contributed by atoms with E-state index in [1.165, 1.54) is 25.7 Å². The Hall–Kier alpha value is -1.16. The number of rotatable bonds is 4. The number of aryl methyl sites for hydroxylation is 2. The first-order chi connectivity index (χ1) is 8.69. The SMILES string of the molecule is Cc1cnc(C)c(NCC2CCC(CN)CC2)n1. The zero-order valence-electron chi connectivity index (χ0n) is 11.4. The van der Waals surface area contributed by atoms with E-state index >= 15 is 0 Å². The van der Waals surface area contributed by atoms with Crippen molar-refractivity contribution < 1.29 is 0 Å². The van der Waals surface area contributed by atoms with E-state index in [2.05, 4.69) is 15.3 Å². The maximum Gasteiger partial charge on any atom is 0.147 e. The molecule has 1 heterocycles. The van der Waals surface area contributed by atoms with E-state index < -0.39 is 0 Å². The first kappa shape index (κ1) is 13.3. The van der Waals surface area contributed by atoms with Gasteiger partial charge in [0, 0.05) is 12.7 Å². The van der Waals surface area contributed by atoms with Gasteiger partial charge >= 0.3 is 0 Å². The first-order valence-electron chi connectivity index (χ1n) is 6.93. The summed E-state index contributed by atoms with van der Waals surface area (Å²) in [5.74, 6) is 2.45. The maximum atomic E-state index is 5.72. The van der Waals surface area contributed by atoms with Crippen molar-refractivity contribution in [1.82, 2.24) is 9.97 Å². The summed E-state index contributed by atoms with van der Waals surface area (Å²) in [7, 11) is 0. The van der Waals surface area contributed by atoms with Gasteiger partial charge in [0.25, 0.3) is 0 Å². The van der Waals surface area contributed by atoms with Crippen molar-refractivity contribution in [2.75, 3.05) is 18.4 Å². The van der Waals surface area contributed by atoms with Gasteiger partial charge < -0.3 is 11.1 Å². The minimum atomic E-state index is 0.752. The van der Waals surface area contributed by atoms with Crippen LogP contribution in [0.15, 0.2) is 6.20 Å². The van der Waals surface area contributed by atoms with Gasteiger partial charge in [-0.3, -0.25) is 4.98 Å². The Labute approximate surface area is 109 Å². The molecule has 2 rings (SSSR count). The van der Waals surface area contributed by atoms with Crippen LogP contribution in [0.2, 0.25) is 0 Å². The lowest BCUT2D eigenvalue weighted by Gasteiger charge is -2.27. The molecule has 0 spiro atoms. The van der Waals surface area contributed by atoms with Crippen LogP contribution < -0.4 is 11.1 Å². The molecule has 1 aromatic heterocycles. The number of nitrogens with one attached hydrogen (secondary N) is 1. The van der Waals surface area contributed by atoms with E-state index in [9.17, 15) is 0 Å². The van der Waals surface area contributed by atoms with E-state index in [-0.39, 0.29) is 0 Å². The van der Waals surface area contributed by atoms with Crippen LogP contribution in [0.25, 0.3) is 0 Å². The molecule has 1 aliphatic carbocycles. The van der Waals surface area contributed by atoms with Gasteiger partial charge in [-0.25, -0.2) is 4.98 Å². The Kier molecular flexibility index (Phi) is 4.53. The molecule has 1 saturated carbocycles. The van der Waals surface area contributed by atoms with Crippen molar-refractivity contribution >= 4 is 5.82 Å². The largest absolute Gasteiger partial charge is 0.368 e. The van der Waals surface area contributed by atoms with Crippen molar-refractivity contribution in [1.29, 1.82) is 0 Å². The Morgan fingerprint density at radius 2 is 1.89 bits per heavy atom. The van der Waals surface area contributed by atoms with E-state index in [1.54, 1.807) is 0 Å². The molecule has 18 heavy (non-hydrogen) atoms. The zero-order chi connectivity index (χ0) is 13.0. The number of anilines is 1. The lowest BCUT2D eigenvalue weighted by molar-refractivity contribution is 0.289. The van der Waals surface area contributed by atoms with Crippen molar-refractivity contribution in [2.24, 2.45) is 17.6 Å². The van der Waals surface area contributed by atoms with Crippen LogP contribution in [0, 0.1) is 25.7 Å². The minimum absolute atomic E-state index is 0.752. The summed E-state index contributed by atoms with van der Waals surface area (Å²) in [6.45, 7) is 5.84. The molecule has 0 radical (unpaired) electrons. The van der Waals surface area contributed by atoms with Gasteiger partial charge in [0.2, 0.25) is 0 Å². The molecule has 0 saturated heterocycles. The molecule has 1 fully saturated rings. The Morgan fingerprint density at radius 3 is 2.56 bits per heavy atom. The number of aromatic nitrogens is 2. The molecule has 4 heteroatoms. The Balaban J connectivity index is 1.83. The Bertz CT molecular complexity index is 383. The standard InChI is InChI=1S/C14H24N4/c1-10-8-16-11(2)14(18-10)17-9-13-5-3-12(7-15)4-6-13/h8,12-13H,3-7,9,15H2,1-2H3,(H,17,18). The predicted octanol–water partition coefficient (Wildman–Crippen LogP) is 2.27. The maximum absolute atomic E-state index is 5.72. The highest BCUT2D eigenvalue weighted by Gasteiger charge is 2.20. The van der Waals surface area contributed by atoms with Crippen molar-refractivity contribution in [3.05, 3.63) is 17.6 Å². The lowest BCUT2D eigenvalue weighted by atomic mass is 9.82. The number of nitrogens with zero attached hydrogens (tertiary/aromatic N) is 2. The molecule has 4 nitrogen and oxygen atoms in total. The van der Waals surface area contributed by atoms with Gasteiger partial charge in [-0.05, 0) is 57.9 Å². The van der Waals surface area contributed by atoms with Crippen LogP contribution in [0.4, 0.5) is 5.82 Å². The molecule has 1 aromatic rings. The molecular formula is C14H24N4. The molecule has 0 unspecified atom stereocenters. The van der Waals surface area contributed by atoms with Crippen LogP contribution in [0.1, 0.15) is 37.1 Å². The highest BCUT2D eigenvalue weighted by Crippen LogP contribution is 2.28. The molecule has 0 atom stereocenters. The van der Waals surface area contributed by atoms with Crippen LogP contribution in [0.5, 0.6) is 0 Å². The molecule has 1 aliphatic rings. The summed E-state index contributed by atoms with van der Waals surface area (Å²) in [5.41, 5.74) is 7.67. The predicted molar refractivity (Wildman–Crippen MR) is 74.5 cm³/mol.